The topological polar surface area (TPSA) is 30.9 Å². The monoisotopic (exact) mass is 675 g/mol. The van der Waals surface area contributed by atoms with Gasteiger partial charge in [-0.3, -0.25) is 4.90 Å². The summed E-state index contributed by atoms with van der Waals surface area (Å²) in [4.78, 5) is 2.67. The molecule has 1 heterocycles. The highest BCUT2D eigenvalue weighted by molar-refractivity contribution is 14.1. The lowest BCUT2D eigenvalue weighted by Crippen LogP contribution is -2.54. The number of halogens is 1. The Kier molecular flexibility index (Phi) is 11.9. The van der Waals surface area contributed by atoms with E-state index in [1.54, 1.807) is 0 Å². The van der Waals surface area contributed by atoms with Crippen LogP contribution in [0.3, 0.4) is 0 Å². The van der Waals surface area contributed by atoms with E-state index in [0.717, 1.165) is 52.0 Å². The van der Waals surface area contributed by atoms with Crippen LogP contribution in [0.15, 0.2) is 66.7 Å². The summed E-state index contributed by atoms with van der Waals surface area (Å²) in [6.45, 7) is 16.1. The third-order valence-electron chi connectivity index (χ3n) is 9.12. The fraction of sp³-hybridized carbons (Fsp3) is 0.588. The molecule has 4 atom stereocenters. The van der Waals surface area contributed by atoms with Crippen LogP contribution in [0.2, 0.25) is 18.1 Å². The molecule has 1 saturated carbocycles. The minimum atomic E-state index is -1.94. The second-order valence-electron chi connectivity index (χ2n) is 12.9. The average Bonchev–Trinajstić information content (AvgIpc) is 3.28. The minimum absolute atomic E-state index is 0.180. The van der Waals surface area contributed by atoms with Gasteiger partial charge in [0.25, 0.3) is 0 Å². The predicted molar refractivity (Wildman–Crippen MR) is 179 cm³/mol. The van der Waals surface area contributed by atoms with Crippen molar-refractivity contribution in [1.82, 2.24) is 4.90 Å². The lowest BCUT2D eigenvalue weighted by molar-refractivity contribution is -0.0340. The SMILES string of the molecule is CC(C)(C)[Si](C)(C)OC1CC(OCc2ccc(-c3ccccc3)cc2)C(CCC=CCCI)C1N1CCOCC1. The fourth-order valence-corrected chi connectivity index (χ4v) is 7.56. The van der Waals surface area contributed by atoms with Crippen molar-refractivity contribution in [3.63, 3.8) is 0 Å². The molecule has 0 N–H and O–H groups in total. The van der Waals surface area contributed by atoms with Gasteiger partial charge in [-0.25, -0.2) is 0 Å². The third kappa shape index (κ3) is 8.51. The van der Waals surface area contributed by atoms with Gasteiger partial charge in [-0.05, 0) is 54.1 Å². The van der Waals surface area contributed by atoms with Gasteiger partial charge in [0, 0.05) is 35.9 Å². The predicted octanol–water partition coefficient (Wildman–Crippen LogP) is 8.51. The highest BCUT2D eigenvalue weighted by Crippen LogP contribution is 2.44. The Balaban J connectivity index is 1.53. The Hall–Kier alpha value is -1.03. The fourth-order valence-electron chi connectivity index (χ4n) is 5.86. The molecular weight excluding hydrogens is 625 g/mol. The molecule has 1 saturated heterocycles. The number of ether oxygens (including phenoxy) is 2. The minimum Gasteiger partial charge on any atom is -0.412 e. The van der Waals surface area contributed by atoms with E-state index in [1.807, 2.05) is 0 Å². The summed E-state index contributed by atoms with van der Waals surface area (Å²) in [6.07, 6.45) is 9.47. The van der Waals surface area contributed by atoms with Crippen molar-refractivity contribution in [2.24, 2.45) is 5.92 Å². The van der Waals surface area contributed by atoms with Crippen LogP contribution in [0.5, 0.6) is 0 Å². The van der Waals surface area contributed by atoms with E-state index in [9.17, 15) is 0 Å². The summed E-state index contributed by atoms with van der Waals surface area (Å²) in [6, 6.07) is 19.8. The summed E-state index contributed by atoms with van der Waals surface area (Å²) in [5.74, 6) is 0.445. The van der Waals surface area contributed by atoms with E-state index < -0.39 is 8.32 Å². The van der Waals surface area contributed by atoms with E-state index in [4.69, 9.17) is 13.9 Å². The highest BCUT2D eigenvalue weighted by atomic mass is 127. The maximum atomic E-state index is 7.21. The van der Waals surface area contributed by atoms with Gasteiger partial charge in [-0.15, -0.1) is 0 Å². The van der Waals surface area contributed by atoms with Gasteiger partial charge in [-0.1, -0.05) is 110 Å². The van der Waals surface area contributed by atoms with Crippen molar-refractivity contribution < 1.29 is 13.9 Å². The Morgan fingerprint density at radius 1 is 0.925 bits per heavy atom. The molecule has 0 spiro atoms. The molecule has 220 valence electrons. The first-order valence-corrected chi connectivity index (χ1v) is 19.6. The molecule has 6 heteroatoms. The Morgan fingerprint density at radius 3 is 2.23 bits per heavy atom. The van der Waals surface area contributed by atoms with Crippen LogP contribution in [-0.2, 0) is 20.5 Å². The molecule has 2 aromatic rings. The van der Waals surface area contributed by atoms with Crippen molar-refractivity contribution in [3.8, 4) is 11.1 Å². The van der Waals surface area contributed by atoms with Crippen molar-refractivity contribution in [2.45, 2.75) is 89.4 Å². The molecule has 4 rings (SSSR count). The van der Waals surface area contributed by atoms with Gasteiger partial charge in [0.15, 0.2) is 8.32 Å². The first-order chi connectivity index (χ1) is 19.2. The quantitative estimate of drug-likeness (QED) is 0.0978. The molecule has 2 fully saturated rings. The Bertz CT molecular complexity index is 1050. The summed E-state index contributed by atoms with van der Waals surface area (Å²) < 4.78 is 21.0. The zero-order chi connectivity index (χ0) is 28.6. The maximum Gasteiger partial charge on any atom is 0.192 e. The van der Waals surface area contributed by atoms with Crippen LogP contribution in [0.25, 0.3) is 11.1 Å². The molecular formula is C34H50INO3Si. The maximum absolute atomic E-state index is 7.21. The first kappa shape index (κ1) is 31.9. The van der Waals surface area contributed by atoms with Crippen LogP contribution in [0, 0.1) is 5.92 Å². The van der Waals surface area contributed by atoms with E-state index in [0.29, 0.717) is 18.6 Å². The molecule has 0 radical (unpaired) electrons. The van der Waals surface area contributed by atoms with Crippen molar-refractivity contribution >= 4 is 30.9 Å². The number of hydrogen-bond acceptors (Lipinski definition) is 4. The molecule has 0 aromatic heterocycles. The smallest absolute Gasteiger partial charge is 0.192 e. The molecule has 2 aromatic carbocycles. The highest BCUT2D eigenvalue weighted by Gasteiger charge is 2.50. The van der Waals surface area contributed by atoms with Gasteiger partial charge >= 0.3 is 0 Å². The summed E-state index contributed by atoms with van der Waals surface area (Å²) in [7, 11) is -1.94. The van der Waals surface area contributed by atoms with Crippen LogP contribution >= 0.6 is 22.6 Å². The lowest BCUT2D eigenvalue weighted by atomic mass is 9.93. The zero-order valence-corrected chi connectivity index (χ0v) is 28.4. The zero-order valence-electron chi connectivity index (χ0n) is 25.3. The van der Waals surface area contributed by atoms with Crippen LogP contribution in [0.4, 0.5) is 0 Å². The number of nitrogens with zero attached hydrogens (tertiary/aromatic N) is 1. The van der Waals surface area contributed by atoms with E-state index in [2.05, 4.69) is 128 Å². The summed E-state index contributed by atoms with van der Waals surface area (Å²) in [5, 5.41) is 0.180. The van der Waals surface area contributed by atoms with E-state index in [-0.39, 0.29) is 17.2 Å². The number of rotatable bonds is 12. The van der Waals surface area contributed by atoms with Gasteiger partial charge in [0.1, 0.15) is 0 Å². The number of allylic oxidation sites excluding steroid dienone is 2. The largest absolute Gasteiger partial charge is 0.412 e. The second-order valence-corrected chi connectivity index (χ2v) is 18.7. The average molecular weight is 676 g/mol. The molecule has 0 amide bonds. The van der Waals surface area contributed by atoms with Crippen LogP contribution in [0.1, 0.15) is 52.0 Å². The van der Waals surface area contributed by atoms with Gasteiger partial charge in [-0.2, -0.15) is 0 Å². The number of benzene rings is 2. The first-order valence-electron chi connectivity index (χ1n) is 15.2. The number of alkyl halides is 1. The Labute approximate surface area is 258 Å². The van der Waals surface area contributed by atoms with Gasteiger partial charge in [0.05, 0.1) is 32.0 Å². The Morgan fingerprint density at radius 2 is 1.57 bits per heavy atom. The lowest BCUT2D eigenvalue weighted by Gasteiger charge is -2.44. The normalized spacial score (nSPS) is 24.6. The van der Waals surface area contributed by atoms with E-state index in [1.165, 1.54) is 21.1 Å². The third-order valence-corrected chi connectivity index (χ3v) is 14.2. The molecule has 40 heavy (non-hydrogen) atoms. The number of morpholine rings is 1. The molecule has 4 nitrogen and oxygen atoms in total. The summed E-state index contributed by atoms with van der Waals surface area (Å²) >= 11 is 2.45. The number of hydrogen-bond donors (Lipinski definition) is 0. The summed E-state index contributed by atoms with van der Waals surface area (Å²) in [5.41, 5.74) is 3.73. The van der Waals surface area contributed by atoms with Gasteiger partial charge < -0.3 is 13.9 Å². The van der Waals surface area contributed by atoms with Crippen LogP contribution in [-0.4, -0.2) is 62.2 Å². The van der Waals surface area contributed by atoms with Crippen molar-refractivity contribution in [1.29, 1.82) is 0 Å². The van der Waals surface area contributed by atoms with Crippen molar-refractivity contribution in [2.75, 3.05) is 30.7 Å². The standard InChI is InChI=1S/C34H50INO3Si/c1-34(2,3)40(4,5)39-32-25-31(38-26-27-16-18-29(19-17-27)28-13-9-8-10-14-28)30(15-11-6-7-12-20-35)33(32)36-21-23-37-24-22-36/h6-10,13-14,16-19,30-33H,11-12,15,20-26H2,1-5H3. The molecule has 1 aliphatic carbocycles. The van der Waals surface area contributed by atoms with E-state index >= 15 is 0 Å². The van der Waals surface area contributed by atoms with Gasteiger partial charge in [0.2, 0.25) is 0 Å². The van der Waals surface area contributed by atoms with Crippen LogP contribution < -0.4 is 0 Å². The molecule has 4 unspecified atom stereocenters. The second kappa shape index (κ2) is 14.9. The van der Waals surface area contributed by atoms with Crippen molar-refractivity contribution in [3.05, 3.63) is 72.3 Å². The molecule has 2 aliphatic rings. The molecule has 0 bridgehead atoms. The molecule has 1 aliphatic heterocycles.